The molecule has 0 amide bonds. The number of carboxylic acids is 2. The molecule has 1 aromatic rings. The van der Waals surface area contributed by atoms with Gasteiger partial charge in [-0.3, -0.25) is 4.79 Å². The van der Waals surface area contributed by atoms with Crippen LogP contribution in [0.15, 0.2) is 43.1 Å². The molecule has 0 saturated heterocycles. The fourth-order valence-corrected chi connectivity index (χ4v) is 2.14. The van der Waals surface area contributed by atoms with Crippen LogP contribution < -0.4 is 4.74 Å². The van der Waals surface area contributed by atoms with E-state index in [0.717, 1.165) is 25.9 Å². The quantitative estimate of drug-likeness (QED) is 0.222. The number of Topliss-reactive ketones (excluding diaryl/α,β-unsaturated/α-hetero) is 1. The van der Waals surface area contributed by atoms with Crippen LogP contribution in [0.2, 0.25) is 0 Å². The van der Waals surface area contributed by atoms with Gasteiger partial charge in [0.1, 0.15) is 0 Å². The molecule has 0 atom stereocenters. The van der Waals surface area contributed by atoms with Crippen LogP contribution in [0, 0.1) is 0 Å². The lowest BCUT2D eigenvalue weighted by Crippen LogP contribution is -2.19. The molecule has 0 aliphatic carbocycles. The summed E-state index contributed by atoms with van der Waals surface area (Å²) in [5, 5.41) is 15.6. The Morgan fingerprint density at radius 1 is 1.10 bits per heavy atom. The first kappa shape index (κ1) is 26.0. The number of rotatable bonds is 13. The maximum atomic E-state index is 11.1. The largest absolute Gasteiger partial charge is 0.478 e. The van der Waals surface area contributed by atoms with Crippen LogP contribution in [0.1, 0.15) is 43.0 Å². The molecule has 0 bridgehead atoms. The lowest BCUT2D eigenvalue weighted by atomic mass is 10.2. The molecule has 0 aliphatic heterocycles. The minimum absolute atomic E-state index is 0.0236. The number of aliphatic carboxylic acids is 2. The van der Waals surface area contributed by atoms with E-state index < -0.39 is 11.9 Å². The Morgan fingerprint density at radius 3 is 2.21 bits per heavy atom. The Balaban J connectivity index is 0.000000828. The van der Waals surface area contributed by atoms with Gasteiger partial charge in [0.25, 0.3) is 0 Å². The molecule has 0 aromatic carbocycles. The molecule has 160 valence electrons. The molecule has 8 heteroatoms. The lowest BCUT2D eigenvalue weighted by molar-refractivity contribution is -0.134. The fraction of sp³-hybridized carbons (Fsp3) is 0.429. The third-order valence-corrected chi connectivity index (χ3v) is 3.64. The molecule has 0 saturated carbocycles. The number of hydrogen-bond acceptors (Lipinski definition) is 6. The standard InChI is InChI=1S/C17H26N2O2.C4H4O4/c1-4-11-19(3)12-7-5-6-8-13-21-17-10-9-16(14-18-17)15(2)20;5-3(6)1-2-4(7)8/h4,9-10,14H,1,5-8,11-13H2,2-3H3;1-2H,(H,5,6)(H,7,8). The van der Waals surface area contributed by atoms with Crippen molar-refractivity contribution in [3.63, 3.8) is 0 Å². The highest BCUT2D eigenvalue weighted by Crippen LogP contribution is 2.09. The van der Waals surface area contributed by atoms with Crippen molar-refractivity contribution in [2.75, 3.05) is 26.7 Å². The summed E-state index contributed by atoms with van der Waals surface area (Å²) >= 11 is 0. The minimum Gasteiger partial charge on any atom is -0.478 e. The molecule has 1 heterocycles. The lowest BCUT2D eigenvalue weighted by Gasteiger charge is -2.13. The van der Waals surface area contributed by atoms with Crippen LogP contribution >= 0.6 is 0 Å². The second-order valence-electron chi connectivity index (χ2n) is 6.26. The first-order chi connectivity index (χ1) is 13.8. The van der Waals surface area contributed by atoms with Gasteiger partial charge in [-0.25, -0.2) is 14.6 Å². The molecule has 0 spiro atoms. The number of pyridine rings is 1. The number of hydrogen-bond donors (Lipinski definition) is 2. The number of ether oxygens (including phenoxy) is 1. The first-order valence-corrected chi connectivity index (χ1v) is 9.29. The van der Waals surface area contributed by atoms with E-state index in [1.807, 2.05) is 6.08 Å². The summed E-state index contributed by atoms with van der Waals surface area (Å²) in [6.07, 6.45) is 9.21. The third-order valence-electron chi connectivity index (χ3n) is 3.64. The highest BCUT2D eigenvalue weighted by molar-refractivity contribution is 5.93. The van der Waals surface area contributed by atoms with E-state index in [9.17, 15) is 14.4 Å². The summed E-state index contributed by atoms with van der Waals surface area (Å²) < 4.78 is 5.56. The second kappa shape index (κ2) is 16.0. The van der Waals surface area contributed by atoms with Crippen molar-refractivity contribution in [3.05, 3.63) is 48.7 Å². The molecule has 8 nitrogen and oxygen atoms in total. The van der Waals surface area contributed by atoms with Crippen molar-refractivity contribution in [1.29, 1.82) is 0 Å². The third kappa shape index (κ3) is 15.7. The number of aromatic nitrogens is 1. The zero-order chi connectivity index (χ0) is 22.1. The van der Waals surface area contributed by atoms with E-state index in [0.29, 0.717) is 30.2 Å². The van der Waals surface area contributed by atoms with Gasteiger partial charge in [0.05, 0.1) is 6.61 Å². The molecule has 0 radical (unpaired) electrons. The average molecular weight is 406 g/mol. The Morgan fingerprint density at radius 2 is 1.72 bits per heavy atom. The number of unbranched alkanes of at least 4 members (excludes halogenated alkanes) is 3. The first-order valence-electron chi connectivity index (χ1n) is 9.29. The van der Waals surface area contributed by atoms with Crippen LogP contribution in [0.25, 0.3) is 0 Å². The van der Waals surface area contributed by atoms with Crippen LogP contribution in [-0.4, -0.2) is 64.6 Å². The molecule has 1 rings (SSSR count). The Labute approximate surface area is 171 Å². The van der Waals surface area contributed by atoms with Crippen molar-refractivity contribution in [2.45, 2.75) is 32.6 Å². The Hall–Kier alpha value is -3.00. The maximum absolute atomic E-state index is 11.1. The number of likely N-dealkylation sites (N-methyl/N-ethyl adjacent to an activating group) is 1. The van der Waals surface area contributed by atoms with Gasteiger partial charge in [0.15, 0.2) is 5.78 Å². The van der Waals surface area contributed by atoms with Gasteiger partial charge in [-0.15, -0.1) is 6.58 Å². The van der Waals surface area contributed by atoms with Gasteiger partial charge < -0.3 is 19.8 Å². The molecule has 0 aliphatic rings. The Bertz CT molecular complexity index is 654. The SMILES string of the molecule is C=CCN(C)CCCCCCOc1ccc(C(C)=O)cn1.O=C(O)C=CC(=O)O. The number of carbonyl (C=O) groups excluding carboxylic acids is 1. The molecular weight excluding hydrogens is 376 g/mol. The van der Waals surface area contributed by atoms with Crippen LogP contribution in [0.3, 0.4) is 0 Å². The predicted octanol–water partition coefficient (Wildman–Crippen LogP) is 3.05. The summed E-state index contributed by atoms with van der Waals surface area (Å²) in [4.78, 5) is 36.6. The van der Waals surface area contributed by atoms with Gasteiger partial charge in [0.2, 0.25) is 5.88 Å². The van der Waals surface area contributed by atoms with Gasteiger partial charge in [-0.1, -0.05) is 18.9 Å². The van der Waals surface area contributed by atoms with E-state index in [1.54, 1.807) is 18.3 Å². The molecular formula is C21H30N2O6. The van der Waals surface area contributed by atoms with E-state index in [2.05, 4.69) is 23.5 Å². The van der Waals surface area contributed by atoms with E-state index in [1.165, 1.54) is 19.8 Å². The topological polar surface area (TPSA) is 117 Å². The highest BCUT2D eigenvalue weighted by atomic mass is 16.5. The monoisotopic (exact) mass is 406 g/mol. The Kier molecular flexibility index (Phi) is 14.3. The fourth-order valence-electron chi connectivity index (χ4n) is 2.14. The van der Waals surface area contributed by atoms with E-state index >= 15 is 0 Å². The number of ketones is 1. The predicted molar refractivity (Wildman–Crippen MR) is 110 cm³/mol. The second-order valence-corrected chi connectivity index (χ2v) is 6.26. The van der Waals surface area contributed by atoms with Gasteiger partial charge >= 0.3 is 11.9 Å². The minimum atomic E-state index is -1.26. The average Bonchev–Trinajstić information content (AvgIpc) is 2.66. The van der Waals surface area contributed by atoms with Crippen molar-refractivity contribution in [2.24, 2.45) is 0 Å². The van der Waals surface area contributed by atoms with Gasteiger partial charge in [-0.05, 0) is 39.4 Å². The summed E-state index contributed by atoms with van der Waals surface area (Å²) in [7, 11) is 2.11. The summed E-state index contributed by atoms with van der Waals surface area (Å²) in [5.74, 6) is -1.90. The summed E-state index contributed by atoms with van der Waals surface area (Å²) in [6.45, 7) is 8.00. The van der Waals surface area contributed by atoms with Gasteiger partial charge in [0, 0.05) is 36.5 Å². The van der Waals surface area contributed by atoms with Crippen molar-refractivity contribution < 1.29 is 29.3 Å². The van der Waals surface area contributed by atoms with Crippen molar-refractivity contribution >= 4 is 17.7 Å². The molecule has 0 fully saturated rings. The van der Waals surface area contributed by atoms with Crippen molar-refractivity contribution in [3.8, 4) is 5.88 Å². The van der Waals surface area contributed by atoms with Crippen molar-refractivity contribution in [1.82, 2.24) is 9.88 Å². The number of carboxylic acid groups (broad SMARTS) is 2. The van der Waals surface area contributed by atoms with Gasteiger partial charge in [-0.2, -0.15) is 0 Å². The highest BCUT2D eigenvalue weighted by Gasteiger charge is 2.01. The summed E-state index contributed by atoms with van der Waals surface area (Å²) in [6, 6.07) is 3.50. The van der Waals surface area contributed by atoms with Crippen LogP contribution in [0.5, 0.6) is 5.88 Å². The molecule has 1 aromatic heterocycles. The normalized spacial score (nSPS) is 10.3. The maximum Gasteiger partial charge on any atom is 0.328 e. The van der Waals surface area contributed by atoms with E-state index in [-0.39, 0.29) is 5.78 Å². The number of nitrogens with zero attached hydrogens (tertiary/aromatic N) is 2. The molecule has 0 unspecified atom stereocenters. The molecule has 2 N–H and O–H groups in total. The molecule has 29 heavy (non-hydrogen) atoms. The smallest absolute Gasteiger partial charge is 0.328 e. The van der Waals surface area contributed by atoms with Crippen LogP contribution in [0.4, 0.5) is 0 Å². The number of carbonyl (C=O) groups is 3. The van der Waals surface area contributed by atoms with Crippen LogP contribution in [-0.2, 0) is 9.59 Å². The van der Waals surface area contributed by atoms with E-state index in [4.69, 9.17) is 14.9 Å². The zero-order valence-electron chi connectivity index (χ0n) is 17.0. The zero-order valence-corrected chi connectivity index (χ0v) is 17.0. The summed E-state index contributed by atoms with van der Waals surface area (Å²) in [5.41, 5.74) is 0.617.